The maximum Gasteiger partial charge on any atom is 0.0951 e. The molecule has 0 aliphatic carbocycles. The van der Waals surface area contributed by atoms with Crippen molar-refractivity contribution in [3.63, 3.8) is 0 Å². The van der Waals surface area contributed by atoms with Crippen LogP contribution in [0.25, 0.3) is 11.3 Å². The molecule has 1 fully saturated rings. The van der Waals surface area contributed by atoms with E-state index in [1.54, 1.807) is 18.3 Å². The van der Waals surface area contributed by atoms with Crippen molar-refractivity contribution in [3.8, 4) is 11.3 Å². The van der Waals surface area contributed by atoms with Gasteiger partial charge in [0, 0.05) is 29.7 Å². The van der Waals surface area contributed by atoms with Gasteiger partial charge in [-0.25, -0.2) is 4.98 Å². The normalized spacial score (nSPS) is 19.2. The van der Waals surface area contributed by atoms with Crippen LogP contribution >= 0.6 is 23.2 Å². The van der Waals surface area contributed by atoms with Crippen LogP contribution in [0.5, 0.6) is 0 Å². The predicted molar refractivity (Wildman–Crippen MR) is 80.3 cm³/mol. The number of nitrogens with one attached hydrogen (secondary N) is 1. The maximum atomic E-state index is 6.26. The molecule has 20 heavy (non-hydrogen) atoms. The first-order valence-corrected chi connectivity index (χ1v) is 7.26. The number of hydrogen-bond acceptors (Lipinski definition) is 3. The van der Waals surface area contributed by atoms with Crippen molar-refractivity contribution in [2.24, 2.45) is 0 Å². The van der Waals surface area contributed by atoms with Crippen LogP contribution in [-0.4, -0.2) is 35.4 Å². The van der Waals surface area contributed by atoms with E-state index in [0.717, 1.165) is 31.0 Å². The molecule has 4 nitrogen and oxygen atoms in total. The lowest BCUT2D eigenvalue weighted by Gasteiger charge is -2.24. The molecule has 0 radical (unpaired) electrons. The van der Waals surface area contributed by atoms with Gasteiger partial charge >= 0.3 is 0 Å². The van der Waals surface area contributed by atoms with E-state index < -0.39 is 0 Å². The summed E-state index contributed by atoms with van der Waals surface area (Å²) < 4.78 is 7.55. The van der Waals surface area contributed by atoms with Gasteiger partial charge < -0.3 is 14.6 Å². The molecule has 0 saturated carbocycles. The molecule has 1 saturated heterocycles. The molecular weight excluding hydrogens is 297 g/mol. The zero-order chi connectivity index (χ0) is 13.9. The van der Waals surface area contributed by atoms with Crippen molar-refractivity contribution in [1.82, 2.24) is 14.9 Å². The van der Waals surface area contributed by atoms with Crippen LogP contribution < -0.4 is 5.32 Å². The van der Waals surface area contributed by atoms with Gasteiger partial charge in [0.2, 0.25) is 0 Å². The Morgan fingerprint density at radius 2 is 2.30 bits per heavy atom. The molecule has 6 heteroatoms. The molecule has 0 amide bonds. The van der Waals surface area contributed by atoms with E-state index in [0.29, 0.717) is 16.7 Å². The van der Waals surface area contributed by atoms with Crippen LogP contribution in [0.1, 0.15) is 0 Å². The Hall–Kier alpha value is -1.07. The smallest absolute Gasteiger partial charge is 0.0951 e. The topological polar surface area (TPSA) is 39.1 Å². The van der Waals surface area contributed by atoms with Crippen molar-refractivity contribution in [1.29, 1.82) is 0 Å². The molecule has 3 rings (SSSR count). The third-order valence-corrected chi connectivity index (χ3v) is 3.90. The molecule has 0 bridgehead atoms. The van der Waals surface area contributed by atoms with E-state index in [-0.39, 0.29) is 6.04 Å². The predicted octanol–water partition coefficient (Wildman–Crippen LogP) is 2.85. The molecule has 1 aliphatic rings. The number of rotatable bonds is 3. The highest BCUT2D eigenvalue weighted by atomic mass is 35.5. The average molecular weight is 312 g/mol. The van der Waals surface area contributed by atoms with E-state index in [9.17, 15) is 0 Å². The molecule has 1 atom stereocenters. The van der Waals surface area contributed by atoms with Crippen molar-refractivity contribution in [2.45, 2.75) is 12.6 Å². The number of aromatic nitrogens is 2. The molecule has 0 spiro atoms. The number of imidazole rings is 1. The molecule has 1 N–H and O–H groups in total. The second-order valence-corrected chi connectivity index (χ2v) is 5.63. The molecule has 2 heterocycles. The highest BCUT2D eigenvalue weighted by Crippen LogP contribution is 2.30. The minimum absolute atomic E-state index is 0.287. The van der Waals surface area contributed by atoms with Gasteiger partial charge in [-0.05, 0) is 18.2 Å². The number of hydrogen-bond donors (Lipinski definition) is 1. The maximum absolute atomic E-state index is 6.26. The lowest BCUT2D eigenvalue weighted by molar-refractivity contribution is 0.0715. The second kappa shape index (κ2) is 6.14. The molecule has 2 aromatic rings. The van der Waals surface area contributed by atoms with Crippen molar-refractivity contribution >= 4 is 23.2 Å². The van der Waals surface area contributed by atoms with E-state index in [1.807, 2.05) is 12.4 Å². The summed E-state index contributed by atoms with van der Waals surface area (Å²) in [5, 5.41) is 4.76. The first kappa shape index (κ1) is 13.9. The molecule has 1 aromatic heterocycles. The molecule has 1 unspecified atom stereocenters. The lowest BCUT2D eigenvalue weighted by Crippen LogP contribution is -2.43. The minimum Gasteiger partial charge on any atom is -0.378 e. The average Bonchev–Trinajstić information content (AvgIpc) is 2.91. The summed E-state index contributed by atoms with van der Waals surface area (Å²) in [7, 11) is 0. The third-order valence-electron chi connectivity index (χ3n) is 3.33. The van der Waals surface area contributed by atoms with Gasteiger partial charge in [0.15, 0.2) is 0 Å². The second-order valence-electron chi connectivity index (χ2n) is 4.78. The first-order valence-electron chi connectivity index (χ1n) is 6.51. The fraction of sp³-hybridized carbons (Fsp3) is 0.357. The zero-order valence-corrected chi connectivity index (χ0v) is 12.4. The third kappa shape index (κ3) is 2.99. The highest BCUT2D eigenvalue weighted by Gasteiger charge is 2.16. The summed E-state index contributed by atoms with van der Waals surface area (Å²) in [6.45, 7) is 3.15. The van der Waals surface area contributed by atoms with Crippen LogP contribution in [0, 0.1) is 0 Å². The van der Waals surface area contributed by atoms with Gasteiger partial charge in [0.1, 0.15) is 0 Å². The van der Waals surface area contributed by atoms with Crippen LogP contribution in [0.4, 0.5) is 0 Å². The Labute approximate surface area is 127 Å². The summed E-state index contributed by atoms with van der Waals surface area (Å²) in [6, 6.07) is 5.74. The fourth-order valence-electron chi connectivity index (χ4n) is 2.36. The van der Waals surface area contributed by atoms with Gasteiger partial charge in [-0.2, -0.15) is 0 Å². The molecular formula is C14H15Cl2N3O. The Kier molecular flexibility index (Phi) is 4.27. The van der Waals surface area contributed by atoms with Gasteiger partial charge in [-0.1, -0.05) is 23.2 Å². The SMILES string of the molecule is Clc1ccc(Cl)c(-c2cncn2CC2COCCN2)c1. The largest absolute Gasteiger partial charge is 0.378 e. The van der Waals surface area contributed by atoms with Gasteiger partial charge in [0.25, 0.3) is 0 Å². The quantitative estimate of drug-likeness (QED) is 0.947. The van der Waals surface area contributed by atoms with E-state index in [1.165, 1.54) is 0 Å². The molecule has 1 aliphatic heterocycles. The molecule has 1 aromatic carbocycles. The van der Waals surface area contributed by atoms with Crippen LogP contribution in [-0.2, 0) is 11.3 Å². The fourth-order valence-corrected chi connectivity index (χ4v) is 2.75. The van der Waals surface area contributed by atoms with Crippen LogP contribution in [0.15, 0.2) is 30.7 Å². The number of halogens is 2. The summed E-state index contributed by atoms with van der Waals surface area (Å²) in [5.41, 5.74) is 1.86. The summed E-state index contributed by atoms with van der Waals surface area (Å²) >= 11 is 12.3. The number of benzene rings is 1. The van der Waals surface area contributed by atoms with Gasteiger partial charge in [-0.3, -0.25) is 0 Å². The summed E-state index contributed by atoms with van der Waals surface area (Å²) in [5.74, 6) is 0. The standard InChI is InChI=1S/C14H15Cl2N3O/c15-10-1-2-13(16)12(5-10)14-6-17-9-19(14)7-11-8-20-4-3-18-11/h1-2,5-6,9,11,18H,3-4,7-8H2. The van der Waals surface area contributed by atoms with Crippen molar-refractivity contribution < 1.29 is 4.74 Å². The first-order chi connectivity index (χ1) is 9.74. The van der Waals surface area contributed by atoms with Crippen LogP contribution in [0.2, 0.25) is 10.0 Å². The van der Waals surface area contributed by atoms with Gasteiger partial charge in [-0.15, -0.1) is 0 Å². The van der Waals surface area contributed by atoms with Crippen LogP contribution in [0.3, 0.4) is 0 Å². The Morgan fingerprint density at radius 1 is 1.40 bits per heavy atom. The van der Waals surface area contributed by atoms with Gasteiger partial charge in [0.05, 0.1) is 36.5 Å². The van der Waals surface area contributed by atoms with Crippen molar-refractivity contribution in [2.75, 3.05) is 19.8 Å². The number of ether oxygens (including phenoxy) is 1. The lowest BCUT2D eigenvalue weighted by atomic mass is 10.1. The monoisotopic (exact) mass is 311 g/mol. The Balaban J connectivity index is 1.87. The minimum atomic E-state index is 0.287. The number of morpholine rings is 1. The number of nitrogens with zero attached hydrogens (tertiary/aromatic N) is 2. The van der Waals surface area contributed by atoms with E-state index in [2.05, 4.69) is 14.9 Å². The zero-order valence-electron chi connectivity index (χ0n) is 10.9. The Bertz CT molecular complexity index is 594. The van der Waals surface area contributed by atoms with E-state index >= 15 is 0 Å². The summed E-state index contributed by atoms with van der Waals surface area (Å²) in [4.78, 5) is 4.23. The Morgan fingerprint density at radius 3 is 3.10 bits per heavy atom. The highest BCUT2D eigenvalue weighted by molar-refractivity contribution is 6.35. The summed E-state index contributed by atoms with van der Waals surface area (Å²) in [6.07, 6.45) is 3.62. The van der Waals surface area contributed by atoms with E-state index in [4.69, 9.17) is 27.9 Å². The van der Waals surface area contributed by atoms with Crippen molar-refractivity contribution in [3.05, 3.63) is 40.8 Å². The molecule has 106 valence electrons.